The number of benzene rings is 1. The smallest absolute Gasteiger partial charge is 0.223 e. The number of carbonyl (C=O) groups is 2. The van der Waals surface area contributed by atoms with E-state index < -0.39 is 43.2 Å². The molecule has 0 saturated carbocycles. The maximum Gasteiger partial charge on any atom is 0.223 e. The lowest BCUT2D eigenvalue weighted by Gasteiger charge is -2.42. The normalized spacial score (nSPS) is 28.9. The van der Waals surface area contributed by atoms with Gasteiger partial charge in [-0.3, -0.25) is 9.59 Å². The van der Waals surface area contributed by atoms with Crippen LogP contribution in [0.15, 0.2) is 24.3 Å². The number of nitrogens with one attached hydrogen (secondary N) is 2. The van der Waals surface area contributed by atoms with E-state index in [4.69, 9.17) is 9.47 Å². The highest BCUT2D eigenvalue weighted by atomic mass is 16.7. The summed E-state index contributed by atoms with van der Waals surface area (Å²) >= 11 is 0. The maximum absolute atomic E-state index is 11.4. The van der Waals surface area contributed by atoms with Gasteiger partial charge in [0.15, 0.2) is 0 Å². The Balaban J connectivity index is 2.27. The number of rotatable bonds is 5. The molecule has 9 heteroatoms. The van der Waals surface area contributed by atoms with Crippen LogP contribution in [0.4, 0.5) is 5.69 Å². The molecule has 5 atom stereocenters. The van der Waals surface area contributed by atoms with Crippen molar-refractivity contribution in [2.45, 2.75) is 44.5 Å². The first kappa shape index (κ1) is 19.1. The minimum atomic E-state index is -1.41. The van der Waals surface area contributed by atoms with Gasteiger partial charge in [0.05, 0.1) is 12.3 Å². The number of aliphatic hydroxyl groups excluding tert-OH is 3. The number of para-hydroxylation sites is 2. The Kier molecular flexibility index (Phi) is 6.32. The van der Waals surface area contributed by atoms with E-state index in [-0.39, 0.29) is 11.7 Å². The molecule has 1 aromatic rings. The molecule has 0 spiro atoms. The van der Waals surface area contributed by atoms with Crippen LogP contribution in [0, 0.1) is 0 Å². The first-order chi connectivity index (χ1) is 11.8. The SMILES string of the molecule is CC(=O)Nc1ccccc1O[C@@H]1O[C@@H](CO)[C@@H](O)[C@@H](O)[C@H]1NC(C)=O. The summed E-state index contributed by atoms with van der Waals surface area (Å²) in [4.78, 5) is 22.7. The second kappa shape index (κ2) is 8.26. The highest BCUT2D eigenvalue weighted by Crippen LogP contribution is 2.29. The van der Waals surface area contributed by atoms with Gasteiger partial charge in [-0.1, -0.05) is 12.1 Å². The molecule has 1 aromatic carbocycles. The van der Waals surface area contributed by atoms with Gasteiger partial charge in [0, 0.05) is 13.8 Å². The van der Waals surface area contributed by atoms with E-state index in [9.17, 15) is 24.9 Å². The zero-order valence-electron chi connectivity index (χ0n) is 13.9. The van der Waals surface area contributed by atoms with Crippen LogP contribution in [-0.2, 0) is 14.3 Å². The molecule has 1 aliphatic rings. The molecule has 2 amide bonds. The number of amides is 2. The Labute approximate surface area is 144 Å². The highest BCUT2D eigenvalue weighted by Gasteiger charge is 2.46. The van der Waals surface area contributed by atoms with Gasteiger partial charge in [-0.25, -0.2) is 0 Å². The quantitative estimate of drug-likeness (QED) is 0.456. The zero-order valence-corrected chi connectivity index (χ0v) is 13.9. The van der Waals surface area contributed by atoms with E-state index in [1.807, 2.05) is 0 Å². The van der Waals surface area contributed by atoms with Crippen LogP contribution in [0.5, 0.6) is 5.75 Å². The number of ether oxygens (including phenoxy) is 2. The first-order valence-electron chi connectivity index (χ1n) is 7.76. The molecule has 0 radical (unpaired) electrons. The van der Waals surface area contributed by atoms with Crippen molar-refractivity contribution in [2.24, 2.45) is 0 Å². The molecule has 0 aliphatic carbocycles. The standard InChI is InChI=1S/C16H22N2O7/c1-8(20)17-10-5-3-4-6-11(10)24-16-13(18-9(2)21)15(23)14(22)12(7-19)25-16/h3-6,12-16,19,22-23H,7H2,1-2H3,(H,17,20)(H,18,21)/t12-,13+,14+,15-,16+/m0/s1. The van der Waals surface area contributed by atoms with Gasteiger partial charge >= 0.3 is 0 Å². The van der Waals surface area contributed by atoms with Crippen LogP contribution >= 0.6 is 0 Å². The molecule has 1 aliphatic heterocycles. The molecule has 25 heavy (non-hydrogen) atoms. The summed E-state index contributed by atoms with van der Waals surface area (Å²) in [6, 6.07) is 5.49. The predicted octanol–water partition coefficient (Wildman–Crippen LogP) is -1.03. The zero-order chi connectivity index (χ0) is 18.6. The van der Waals surface area contributed by atoms with Gasteiger partial charge in [0.2, 0.25) is 18.1 Å². The lowest BCUT2D eigenvalue weighted by molar-refractivity contribution is -0.244. The topological polar surface area (TPSA) is 137 Å². The van der Waals surface area contributed by atoms with Crippen molar-refractivity contribution in [1.29, 1.82) is 0 Å². The van der Waals surface area contributed by atoms with Crippen LogP contribution in [0.25, 0.3) is 0 Å². The van der Waals surface area contributed by atoms with Gasteiger partial charge in [-0.15, -0.1) is 0 Å². The number of hydrogen-bond acceptors (Lipinski definition) is 7. The Bertz CT molecular complexity index is 624. The van der Waals surface area contributed by atoms with Crippen LogP contribution in [-0.4, -0.2) is 64.4 Å². The van der Waals surface area contributed by atoms with Gasteiger partial charge in [0.25, 0.3) is 0 Å². The third-order valence-electron chi connectivity index (χ3n) is 3.69. The summed E-state index contributed by atoms with van der Waals surface area (Å²) < 4.78 is 11.2. The summed E-state index contributed by atoms with van der Waals surface area (Å²) in [6.45, 7) is 2.05. The Morgan fingerprint density at radius 3 is 2.44 bits per heavy atom. The number of aliphatic hydroxyl groups is 3. The Morgan fingerprint density at radius 2 is 1.84 bits per heavy atom. The second-order valence-corrected chi connectivity index (χ2v) is 5.73. The predicted molar refractivity (Wildman–Crippen MR) is 86.7 cm³/mol. The molecule has 0 aromatic heterocycles. The maximum atomic E-state index is 11.4. The third-order valence-corrected chi connectivity index (χ3v) is 3.69. The molecule has 5 N–H and O–H groups in total. The van der Waals surface area contributed by atoms with Crippen LogP contribution in [0.3, 0.4) is 0 Å². The van der Waals surface area contributed by atoms with Crippen molar-refractivity contribution in [2.75, 3.05) is 11.9 Å². The van der Waals surface area contributed by atoms with Crippen molar-refractivity contribution in [3.63, 3.8) is 0 Å². The minimum Gasteiger partial charge on any atom is -0.460 e. The van der Waals surface area contributed by atoms with E-state index in [0.29, 0.717) is 5.69 Å². The summed E-state index contributed by atoms with van der Waals surface area (Å²) in [6.07, 6.45) is -5.08. The number of anilines is 1. The van der Waals surface area contributed by atoms with E-state index in [2.05, 4.69) is 10.6 Å². The number of hydrogen-bond donors (Lipinski definition) is 5. The molecule has 1 heterocycles. The van der Waals surface area contributed by atoms with E-state index in [1.54, 1.807) is 24.3 Å². The third kappa shape index (κ3) is 4.67. The largest absolute Gasteiger partial charge is 0.460 e. The molecular weight excluding hydrogens is 332 g/mol. The Hall–Kier alpha value is -2.20. The highest BCUT2D eigenvalue weighted by molar-refractivity contribution is 5.90. The lowest BCUT2D eigenvalue weighted by atomic mass is 9.97. The van der Waals surface area contributed by atoms with Gasteiger partial charge in [-0.05, 0) is 12.1 Å². The molecular formula is C16H22N2O7. The Morgan fingerprint density at radius 1 is 1.16 bits per heavy atom. The van der Waals surface area contributed by atoms with Crippen molar-refractivity contribution >= 4 is 17.5 Å². The summed E-state index contributed by atoms with van der Waals surface area (Å²) in [5, 5.41) is 34.6. The molecule has 138 valence electrons. The molecule has 0 unspecified atom stereocenters. The van der Waals surface area contributed by atoms with Crippen molar-refractivity contribution in [1.82, 2.24) is 5.32 Å². The average molecular weight is 354 g/mol. The first-order valence-corrected chi connectivity index (χ1v) is 7.76. The van der Waals surface area contributed by atoms with Gasteiger partial charge in [-0.2, -0.15) is 0 Å². The van der Waals surface area contributed by atoms with Crippen molar-refractivity contribution < 1.29 is 34.4 Å². The van der Waals surface area contributed by atoms with Gasteiger partial charge < -0.3 is 35.4 Å². The molecule has 1 saturated heterocycles. The summed E-state index contributed by atoms with van der Waals surface area (Å²) in [5.74, 6) is -0.507. The van der Waals surface area contributed by atoms with Crippen molar-refractivity contribution in [3.8, 4) is 5.75 Å². The van der Waals surface area contributed by atoms with E-state index in [1.165, 1.54) is 13.8 Å². The van der Waals surface area contributed by atoms with Crippen LogP contribution in [0.1, 0.15) is 13.8 Å². The monoisotopic (exact) mass is 354 g/mol. The molecule has 9 nitrogen and oxygen atoms in total. The van der Waals surface area contributed by atoms with E-state index in [0.717, 1.165) is 0 Å². The molecule has 0 bridgehead atoms. The summed E-state index contributed by atoms with van der Waals surface area (Å²) in [7, 11) is 0. The number of carbonyl (C=O) groups excluding carboxylic acids is 2. The lowest BCUT2D eigenvalue weighted by Crippen LogP contribution is -2.65. The van der Waals surface area contributed by atoms with Gasteiger partial charge in [0.1, 0.15) is 30.1 Å². The van der Waals surface area contributed by atoms with Crippen LogP contribution < -0.4 is 15.4 Å². The fourth-order valence-corrected chi connectivity index (χ4v) is 2.56. The average Bonchev–Trinajstić information content (AvgIpc) is 2.55. The fraction of sp³-hybridized carbons (Fsp3) is 0.500. The van der Waals surface area contributed by atoms with E-state index >= 15 is 0 Å². The van der Waals surface area contributed by atoms with Crippen LogP contribution in [0.2, 0.25) is 0 Å². The van der Waals surface area contributed by atoms with Crippen molar-refractivity contribution in [3.05, 3.63) is 24.3 Å². The molecule has 1 fully saturated rings. The minimum absolute atomic E-state index is 0.248. The second-order valence-electron chi connectivity index (χ2n) is 5.73. The fourth-order valence-electron chi connectivity index (χ4n) is 2.56. The summed E-state index contributed by atoms with van der Waals surface area (Å²) in [5.41, 5.74) is 0.376. The molecule has 2 rings (SSSR count).